The maximum atomic E-state index is 13.6. The van der Waals surface area contributed by atoms with Crippen molar-refractivity contribution in [2.24, 2.45) is 0 Å². The lowest BCUT2D eigenvalue weighted by molar-refractivity contribution is -0.168. The largest absolute Gasteiger partial charge is 0.480 e. The Morgan fingerprint density at radius 2 is 0.845 bits per heavy atom. The highest BCUT2D eigenvalue weighted by Crippen LogP contribution is 2.16. The van der Waals surface area contributed by atoms with Crippen molar-refractivity contribution in [3.8, 4) is 0 Å². The van der Waals surface area contributed by atoms with Gasteiger partial charge in [0, 0.05) is 77.8 Å². The standard InChI is InChI=1S/C60H108N6O18/c1-3-5-7-9-11-13-15-17-19-21-23-25-27-29-58(78)82-47-51(84-59(79)30-28-26-24-22-20-18-16-14-12-10-8-6-4-2)48-83-60(80)49-81-38-31-61-52(67)41-66-37-36-63(43-54(70)71)33-32-62(42-53(68)69)34-35-64(44-55(72)73)39-50(66)40-65(45-56(74)75)46-57(76)77/h50-51H,3-49H2,1-2H3,(H,61,67)(H,68,69)(H,70,71)(H,72,73)(H,74,75)(H,76,77). The average molecular weight is 1200 g/mol. The van der Waals surface area contributed by atoms with E-state index in [1.807, 2.05) is 0 Å². The predicted molar refractivity (Wildman–Crippen MR) is 316 cm³/mol. The van der Waals surface area contributed by atoms with E-state index in [1.165, 1.54) is 130 Å². The van der Waals surface area contributed by atoms with Gasteiger partial charge in [0.1, 0.15) is 19.8 Å². The molecule has 0 radical (unpaired) electrons. The van der Waals surface area contributed by atoms with Crippen LogP contribution in [0.25, 0.3) is 0 Å². The van der Waals surface area contributed by atoms with Crippen molar-refractivity contribution < 1.29 is 87.6 Å². The Morgan fingerprint density at radius 3 is 1.27 bits per heavy atom. The summed E-state index contributed by atoms with van der Waals surface area (Å²) in [6.45, 7) is -0.432. The molecule has 84 heavy (non-hydrogen) atoms. The number of carboxylic acid groups (broad SMARTS) is 5. The van der Waals surface area contributed by atoms with Crippen LogP contribution in [0.4, 0.5) is 0 Å². The van der Waals surface area contributed by atoms with Crippen LogP contribution in [0, 0.1) is 0 Å². The fourth-order valence-electron chi connectivity index (χ4n) is 10.1. The number of hydrogen-bond donors (Lipinski definition) is 6. The Kier molecular flexibility index (Phi) is 47.0. The highest BCUT2D eigenvalue weighted by Gasteiger charge is 2.30. The van der Waals surface area contributed by atoms with Gasteiger partial charge in [-0.3, -0.25) is 62.9 Å². The summed E-state index contributed by atoms with van der Waals surface area (Å²) in [6.07, 6.45) is 29.6. The molecule has 1 saturated heterocycles. The Labute approximate surface area is 499 Å². The van der Waals surface area contributed by atoms with Gasteiger partial charge in [-0.1, -0.05) is 168 Å². The zero-order valence-electron chi connectivity index (χ0n) is 51.2. The van der Waals surface area contributed by atoms with E-state index in [0.717, 1.165) is 43.4 Å². The van der Waals surface area contributed by atoms with Crippen molar-refractivity contribution in [1.82, 2.24) is 29.8 Å². The molecule has 1 fully saturated rings. The van der Waals surface area contributed by atoms with Gasteiger partial charge < -0.3 is 49.8 Å². The normalized spacial score (nSPS) is 15.4. The topological polar surface area (TPSA) is 320 Å². The molecule has 0 aromatic rings. The molecular weight excluding hydrogens is 1090 g/mol. The van der Waals surface area contributed by atoms with Crippen molar-refractivity contribution in [3.63, 3.8) is 0 Å². The fraction of sp³-hybridized carbons (Fsp3) is 0.850. The van der Waals surface area contributed by atoms with Gasteiger partial charge in [0.2, 0.25) is 5.91 Å². The number of aliphatic carboxylic acids is 5. The lowest BCUT2D eigenvalue weighted by Crippen LogP contribution is -2.57. The predicted octanol–water partition coefficient (Wildman–Crippen LogP) is 6.40. The van der Waals surface area contributed by atoms with Crippen molar-refractivity contribution in [2.75, 3.05) is 125 Å². The molecule has 486 valence electrons. The first-order valence-electron chi connectivity index (χ1n) is 31.5. The monoisotopic (exact) mass is 1200 g/mol. The zero-order valence-corrected chi connectivity index (χ0v) is 51.2. The van der Waals surface area contributed by atoms with Crippen LogP contribution >= 0.6 is 0 Å². The number of hydrogen-bond acceptors (Lipinski definition) is 18. The number of carboxylic acids is 5. The van der Waals surface area contributed by atoms with Crippen LogP contribution in [0.5, 0.6) is 0 Å². The number of nitrogens with one attached hydrogen (secondary N) is 1. The minimum atomic E-state index is -1.34. The highest BCUT2D eigenvalue weighted by atomic mass is 16.6. The Bertz CT molecular complexity index is 1820. The average Bonchev–Trinajstić information content (AvgIpc) is 3.62. The maximum absolute atomic E-state index is 13.6. The summed E-state index contributed by atoms with van der Waals surface area (Å²) in [5.74, 6) is -8.56. The summed E-state index contributed by atoms with van der Waals surface area (Å²) >= 11 is 0. The van der Waals surface area contributed by atoms with Crippen molar-refractivity contribution in [3.05, 3.63) is 0 Å². The molecule has 0 saturated carbocycles. The van der Waals surface area contributed by atoms with E-state index in [9.17, 15) is 68.7 Å². The van der Waals surface area contributed by atoms with Crippen LogP contribution in [-0.4, -0.2) is 240 Å². The third-order valence-corrected chi connectivity index (χ3v) is 14.7. The van der Waals surface area contributed by atoms with Crippen LogP contribution < -0.4 is 5.32 Å². The molecule has 0 aliphatic carbocycles. The van der Waals surface area contributed by atoms with Gasteiger partial charge in [-0.2, -0.15) is 0 Å². The molecule has 1 rings (SSSR count). The molecule has 1 amide bonds. The summed E-state index contributed by atoms with van der Waals surface area (Å²) in [7, 11) is 0. The lowest BCUT2D eigenvalue weighted by Gasteiger charge is -2.39. The zero-order chi connectivity index (χ0) is 62.0. The summed E-state index contributed by atoms with van der Waals surface area (Å²) in [5, 5.41) is 51.1. The van der Waals surface area contributed by atoms with Gasteiger partial charge in [0.25, 0.3) is 0 Å². The summed E-state index contributed by atoms with van der Waals surface area (Å²) < 4.78 is 22.0. The quantitative estimate of drug-likeness (QED) is 0.0218. The van der Waals surface area contributed by atoms with Gasteiger partial charge >= 0.3 is 47.8 Å². The lowest BCUT2D eigenvalue weighted by atomic mass is 10.0. The third-order valence-electron chi connectivity index (χ3n) is 14.7. The van der Waals surface area contributed by atoms with E-state index < -0.39 is 118 Å². The second kappa shape index (κ2) is 51.2. The van der Waals surface area contributed by atoms with Gasteiger partial charge in [-0.15, -0.1) is 0 Å². The molecule has 0 spiro atoms. The number of ether oxygens (including phenoxy) is 4. The van der Waals surface area contributed by atoms with Crippen molar-refractivity contribution in [2.45, 2.75) is 206 Å². The van der Waals surface area contributed by atoms with Crippen LogP contribution in [0.2, 0.25) is 0 Å². The van der Waals surface area contributed by atoms with Gasteiger partial charge in [-0.05, 0) is 12.8 Å². The number of esters is 3. The van der Waals surface area contributed by atoms with Crippen LogP contribution in [0.15, 0.2) is 0 Å². The van der Waals surface area contributed by atoms with E-state index in [-0.39, 0.29) is 85.0 Å². The molecular formula is C60H108N6O18. The smallest absolute Gasteiger partial charge is 0.332 e. The summed E-state index contributed by atoms with van der Waals surface area (Å²) in [5.41, 5.74) is 0. The minimum Gasteiger partial charge on any atom is -0.480 e. The number of amides is 1. The third kappa shape index (κ3) is 46.3. The molecule has 0 aromatic carbocycles. The van der Waals surface area contributed by atoms with Crippen molar-refractivity contribution >= 4 is 53.7 Å². The van der Waals surface area contributed by atoms with Crippen LogP contribution in [0.3, 0.4) is 0 Å². The maximum Gasteiger partial charge on any atom is 0.332 e. The minimum absolute atomic E-state index is 0.00500. The van der Waals surface area contributed by atoms with Gasteiger partial charge in [0.05, 0.1) is 45.9 Å². The first-order valence-corrected chi connectivity index (χ1v) is 31.5. The van der Waals surface area contributed by atoms with Gasteiger partial charge in [-0.25, -0.2) is 4.79 Å². The summed E-state index contributed by atoms with van der Waals surface area (Å²) in [4.78, 5) is 119. The van der Waals surface area contributed by atoms with Crippen molar-refractivity contribution in [1.29, 1.82) is 0 Å². The molecule has 0 bridgehead atoms. The second-order valence-corrected chi connectivity index (χ2v) is 22.4. The molecule has 1 aliphatic rings. The Morgan fingerprint density at radius 1 is 0.464 bits per heavy atom. The van der Waals surface area contributed by atoms with Crippen LogP contribution in [0.1, 0.15) is 194 Å². The van der Waals surface area contributed by atoms with E-state index in [1.54, 1.807) is 4.90 Å². The molecule has 24 heteroatoms. The number of rotatable bonds is 52. The molecule has 2 atom stereocenters. The molecule has 2 unspecified atom stereocenters. The molecule has 1 aliphatic heterocycles. The Hall–Kier alpha value is -5.01. The first-order chi connectivity index (χ1) is 40.4. The highest BCUT2D eigenvalue weighted by molar-refractivity contribution is 5.78. The number of carbonyl (C=O) groups excluding carboxylic acids is 4. The summed E-state index contributed by atoms with van der Waals surface area (Å²) in [6, 6.07) is -0.909. The van der Waals surface area contributed by atoms with E-state index in [2.05, 4.69) is 19.2 Å². The molecule has 1 heterocycles. The van der Waals surface area contributed by atoms with E-state index >= 15 is 0 Å². The molecule has 24 nitrogen and oxygen atoms in total. The number of unbranched alkanes of at least 4 members (excludes halogenated alkanes) is 24. The van der Waals surface area contributed by atoms with E-state index in [4.69, 9.17) is 18.9 Å². The second-order valence-electron chi connectivity index (χ2n) is 22.4. The molecule has 0 aromatic heterocycles. The fourth-order valence-corrected chi connectivity index (χ4v) is 10.1. The SMILES string of the molecule is CCCCCCCCCCCCCCCC(=O)OCC(COC(=O)COCCNC(=O)CN1CCN(CC(=O)O)CCN(CC(=O)O)CCN(CC(=O)O)CC1CN(CC(=O)O)CC(=O)O)OC(=O)CCCCCCCCCCCCCCC. The molecule has 6 N–H and O–H groups in total. The van der Waals surface area contributed by atoms with E-state index in [0.29, 0.717) is 12.8 Å². The number of carbonyl (C=O) groups is 9. The number of nitrogens with zero attached hydrogens (tertiary/aromatic N) is 5. The van der Waals surface area contributed by atoms with Crippen LogP contribution in [-0.2, 0) is 62.1 Å². The Balaban J connectivity index is 2.92. The first kappa shape index (κ1) is 77.0. The van der Waals surface area contributed by atoms with Gasteiger partial charge in [0.15, 0.2) is 6.10 Å².